The zero-order valence-electron chi connectivity index (χ0n) is 11.7. The Balaban J connectivity index is 2.15. The van der Waals surface area contributed by atoms with Gasteiger partial charge in [-0.15, -0.1) is 0 Å². The Labute approximate surface area is 114 Å². The monoisotopic (exact) mass is 264 g/mol. The van der Waals surface area contributed by atoms with Crippen molar-refractivity contribution in [1.29, 1.82) is 0 Å². The normalized spacial score (nSPS) is 26.3. The van der Waals surface area contributed by atoms with Crippen molar-refractivity contribution in [2.75, 3.05) is 19.6 Å². The number of aromatic hydroxyl groups is 2. The molecule has 0 saturated carbocycles. The molecule has 1 aromatic rings. The quantitative estimate of drug-likeness (QED) is 0.731. The summed E-state index contributed by atoms with van der Waals surface area (Å²) in [6.45, 7) is 6.99. The van der Waals surface area contributed by atoms with Gasteiger partial charge in [0.25, 0.3) is 0 Å². The zero-order valence-corrected chi connectivity index (χ0v) is 11.7. The van der Waals surface area contributed by atoms with Gasteiger partial charge in [0.1, 0.15) is 11.5 Å². The van der Waals surface area contributed by atoms with Crippen LogP contribution in [0.3, 0.4) is 0 Å². The second-order valence-corrected chi connectivity index (χ2v) is 5.68. The molecule has 4 nitrogen and oxygen atoms in total. The zero-order chi connectivity index (χ0) is 14.0. The van der Waals surface area contributed by atoms with Crippen molar-refractivity contribution in [1.82, 2.24) is 4.90 Å². The summed E-state index contributed by atoms with van der Waals surface area (Å²) in [5.41, 5.74) is 6.62. The van der Waals surface area contributed by atoms with Crippen LogP contribution in [0, 0.1) is 11.8 Å². The van der Waals surface area contributed by atoms with Crippen molar-refractivity contribution in [3.8, 4) is 11.5 Å². The van der Waals surface area contributed by atoms with Gasteiger partial charge in [0.15, 0.2) is 0 Å². The van der Waals surface area contributed by atoms with Gasteiger partial charge in [0.2, 0.25) is 0 Å². The van der Waals surface area contributed by atoms with Crippen LogP contribution >= 0.6 is 0 Å². The third-order valence-corrected chi connectivity index (χ3v) is 4.46. The average molecular weight is 264 g/mol. The van der Waals surface area contributed by atoms with Crippen molar-refractivity contribution >= 4 is 0 Å². The Morgan fingerprint density at radius 3 is 2.84 bits per heavy atom. The summed E-state index contributed by atoms with van der Waals surface area (Å²) in [7, 11) is 0. The number of phenols is 2. The Hall–Kier alpha value is -1.26. The van der Waals surface area contributed by atoms with E-state index in [9.17, 15) is 10.2 Å². The molecule has 0 aromatic heterocycles. The minimum absolute atomic E-state index is 0.0913. The lowest BCUT2D eigenvalue weighted by Crippen LogP contribution is -2.43. The first kappa shape index (κ1) is 14.2. The second kappa shape index (κ2) is 5.80. The molecule has 1 aliphatic rings. The van der Waals surface area contributed by atoms with Gasteiger partial charge in [0.05, 0.1) is 0 Å². The highest BCUT2D eigenvalue weighted by Gasteiger charge is 2.29. The molecular weight excluding hydrogens is 240 g/mol. The van der Waals surface area contributed by atoms with Crippen LogP contribution in [0.4, 0.5) is 0 Å². The highest BCUT2D eigenvalue weighted by atomic mass is 16.3. The fourth-order valence-electron chi connectivity index (χ4n) is 2.91. The number of likely N-dealkylation sites (tertiary alicyclic amines) is 1. The number of nitrogens with two attached hydrogens (primary N) is 1. The number of piperidine rings is 1. The van der Waals surface area contributed by atoms with Crippen molar-refractivity contribution in [2.24, 2.45) is 17.6 Å². The summed E-state index contributed by atoms with van der Waals surface area (Å²) in [6, 6.07) is 4.80. The minimum atomic E-state index is 0.0913. The first-order valence-corrected chi connectivity index (χ1v) is 6.99. The molecule has 4 N–H and O–H groups in total. The Kier molecular flexibility index (Phi) is 4.32. The molecule has 0 bridgehead atoms. The summed E-state index contributed by atoms with van der Waals surface area (Å²) in [6.07, 6.45) is 1.13. The number of hydrogen-bond acceptors (Lipinski definition) is 4. The van der Waals surface area contributed by atoms with Crippen molar-refractivity contribution in [3.05, 3.63) is 23.8 Å². The third-order valence-electron chi connectivity index (χ3n) is 4.46. The van der Waals surface area contributed by atoms with Crippen LogP contribution in [0.15, 0.2) is 18.2 Å². The van der Waals surface area contributed by atoms with E-state index in [4.69, 9.17) is 5.73 Å². The largest absolute Gasteiger partial charge is 0.508 e. The first-order chi connectivity index (χ1) is 9.02. The number of nitrogens with zero attached hydrogens (tertiary/aromatic N) is 1. The number of hydrogen-bond donors (Lipinski definition) is 3. The molecule has 0 radical (unpaired) electrons. The fourth-order valence-corrected chi connectivity index (χ4v) is 2.91. The number of phenolic OH excluding ortho intramolecular Hbond substituents is 2. The molecule has 1 aromatic carbocycles. The topological polar surface area (TPSA) is 69.7 Å². The van der Waals surface area contributed by atoms with E-state index in [1.54, 1.807) is 12.1 Å². The van der Waals surface area contributed by atoms with Crippen LogP contribution in [0.25, 0.3) is 0 Å². The SMILES string of the molecule is CC1CCN(C(C)c2cc(O)ccc2O)CC1CN. The van der Waals surface area contributed by atoms with E-state index in [0.29, 0.717) is 18.4 Å². The van der Waals surface area contributed by atoms with Crippen molar-refractivity contribution in [2.45, 2.75) is 26.3 Å². The molecular formula is C15H24N2O2. The van der Waals surface area contributed by atoms with E-state index in [-0.39, 0.29) is 17.5 Å². The van der Waals surface area contributed by atoms with Crippen LogP contribution in [0.1, 0.15) is 31.9 Å². The van der Waals surface area contributed by atoms with Crippen LogP contribution < -0.4 is 5.73 Å². The van der Waals surface area contributed by atoms with Gasteiger partial charge < -0.3 is 15.9 Å². The molecule has 4 heteroatoms. The molecule has 1 fully saturated rings. The number of rotatable bonds is 3. The second-order valence-electron chi connectivity index (χ2n) is 5.68. The first-order valence-electron chi connectivity index (χ1n) is 6.99. The van der Waals surface area contributed by atoms with Gasteiger partial charge in [-0.2, -0.15) is 0 Å². The van der Waals surface area contributed by atoms with E-state index < -0.39 is 0 Å². The smallest absolute Gasteiger partial charge is 0.120 e. The van der Waals surface area contributed by atoms with Gasteiger partial charge >= 0.3 is 0 Å². The summed E-state index contributed by atoms with van der Waals surface area (Å²) >= 11 is 0. The van der Waals surface area contributed by atoms with E-state index in [2.05, 4.69) is 18.7 Å². The molecule has 0 amide bonds. The highest BCUT2D eigenvalue weighted by molar-refractivity contribution is 5.40. The summed E-state index contributed by atoms with van der Waals surface area (Å²) < 4.78 is 0. The lowest BCUT2D eigenvalue weighted by Gasteiger charge is -2.40. The molecule has 19 heavy (non-hydrogen) atoms. The third kappa shape index (κ3) is 3.01. The van der Waals surface area contributed by atoms with Crippen molar-refractivity contribution < 1.29 is 10.2 Å². The maximum Gasteiger partial charge on any atom is 0.120 e. The van der Waals surface area contributed by atoms with E-state index >= 15 is 0 Å². The van der Waals surface area contributed by atoms with Crippen LogP contribution in [0.2, 0.25) is 0 Å². The molecule has 106 valence electrons. The van der Waals surface area contributed by atoms with E-state index in [1.807, 2.05) is 0 Å². The van der Waals surface area contributed by atoms with Gasteiger partial charge in [-0.25, -0.2) is 0 Å². The lowest BCUT2D eigenvalue weighted by atomic mass is 9.86. The average Bonchev–Trinajstić information content (AvgIpc) is 2.41. The van der Waals surface area contributed by atoms with Crippen LogP contribution in [-0.4, -0.2) is 34.7 Å². The summed E-state index contributed by atoms with van der Waals surface area (Å²) in [5, 5.41) is 19.5. The maximum atomic E-state index is 9.95. The van der Waals surface area contributed by atoms with Crippen LogP contribution in [-0.2, 0) is 0 Å². The highest BCUT2D eigenvalue weighted by Crippen LogP contribution is 2.34. The minimum Gasteiger partial charge on any atom is -0.508 e. The summed E-state index contributed by atoms with van der Waals surface area (Å²) in [4.78, 5) is 2.34. The maximum absolute atomic E-state index is 9.95. The van der Waals surface area contributed by atoms with Gasteiger partial charge in [-0.05, 0) is 56.5 Å². The Morgan fingerprint density at radius 2 is 2.16 bits per heavy atom. The predicted molar refractivity (Wildman–Crippen MR) is 76.1 cm³/mol. The molecule has 3 atom stereocenters. The fraction of sp³-hybridized carbons (Fsp3) is 0.600. The predicted octanol–water partition coefficient (Wildman–Crippen LogP) is 2.08. The van der Waals surface area contributed by atoms with Gasteiger partial charge in [-0.1, -0.05) is 6.92 Å². The molecule has 0 aliphatic carbocycles. The molecule has 3 unspecified atom stereocenters. The van der Waals surface area contributed by atoms with Gasteiger partial charge in [-0.3, -0.25) is 4.90 Å². The molecule has 0 spiro atoms. The van der Waals surface area contributed by atoms with E-state index in [1.165, 1.54) is 6.07 Å². The summed E-state index contributed by atoms with van der Waals surface area (Å²) in [5.74, 6) is 1.61. The van der Waals surface area contributed by atoms with Crippen LogP contribution in [0.5, 0.6) is 11.5 Å². The Morgan fingerprint density at radius 1 is 1.42 bits per heavy atom. The Bertz CT molecular complexity index is 436. The number of benzene rings is 1. The van der Waals surface area contributed by atoms with Crippen molar-refractivity contribution in [3.63, 3.8) is 0 Å². The van der Waals surface area contributed by atoms with E-state index in [0.717, 1.165) is 25.1 Å². The lowest BCUT2D eigenvalue weighted by molar-refractivity contribution is 0.0967. The molecule has 1 saturated heterocycles. The standard InChI is InChI=1S/C15H24N2O2/c1-10-5-6-17(9-12(10)8-16)11(2)14-7-13(18)3-4-15(14)19/h3-4,7,10-12,18-19H,5-6,8-9,16H2,1-2H3. The molecule has 2 rings (SSSR count). The van der Waals surface area contributed by atoms with Gasteiger partial charge in [0, 0.05) is 18.2 Å². The molecule has 1 aliphatic heterocycles. The molecule has 1 heterocycles.